The molecule has 0 aliphatic carbocycles. The predicted molar refractivity (Wildman–Crippen MR) is 73.5 cm³/mol. The van der Waals surface area contributed by atoms with E-state index in [1.165, 1.54) is 11.3 Å². The van der Waals surface area contributed by atoms with Crippen LogP contribution in [0.1, 0.15) is 38.1 Å². The minimum Gasteiger partial charge on any atom is -0.366 e. The van der Waals surface area contributed by atoms with Crippen LogP contribution in [-0.2, 0) is 4.79 Å². The van der Waals surface area contributed by atoms with E-state index in [9.17, 15) is 9.59 Å². The maximum atomic E-state index is 12.2. The molecule has 1 aromatic rings. The molecule has 0 aliphatic heterocycles. The van der Waals surface area contributed by atoms with E-state index >= 15 is 0 Å². The van der Waals surface area contributed by atoms with E-state index in [0.29, 0.717) is 10.6 Å². The number of amides is 2. The van der Waals surface area contributed by atoms with E-state index in [-0.39, 0.29) is 5.91 Å². The smallest absolute Gasteiger partial charge is 0.251 e. The van der Waals surface area contributed by atoms with Crippen molar-refractivity contribution in [2.24, 2.45) is 16.9 Å². The van der Waals surface area contributed by atoms with Crippen molar-refractivity contribution in [2.45, 2.75) is 33.2 Å². The molecule has 5 N–H and O–H groups in total. The molecule has 0 spiro atoms. The molecule has 1 aromatic heterocycles. The molecule has 0 saturated carbocycles. The molecule has 0 aromatic carbocycles. The maximum Gasteiger partial charge on any atom is 0.251 e. The topological polar surface area (TPSA) is 98.2 Å². The first-order chi connectivity index (χ1) is 8.07. The van der Waals surface area contributed by atoms with E-state index in [2.05, 4.69) is 5.32 Å². The Bertz CT molecular complexity index is 472. The summed E-state index contributed by atoms with van der Waals surface area (Å²) >= 11 is 1.26. The fraction of sp³-hybridized carbons (Fsp3) is 0.500. The molecule has 6 heteroatoms. The lowest BCUT2D eigenvalue weighted by Gasteiger charge is -2.36. The summed E-state index contributed by atoms with van der Waals surface area (Å²) in [5.41, 5.74) is 10.1. The molecule has 18 heavy (non-hydrogen) atoms. The van der Waals surface area contributed by atoms with Gasteiger partial charge in [-0.3, -0.25) is 9.59 Å². The first-order valence-corrected chi connectivity index (χ1v) is 6.43. The van der Waals surface area contributed by atoms with E-state index in [1.54, 1.807) is 39.1 Å². The number of anilines is 1. The Morgan fingerprint density at radius 3 is 2.28 bits per heavy atom. The normalized spacial score (nSPS) is 12.3. The van der Waals surface area contributed by atoms with Crippen LogP contribution < -0.4 is 16.8 Å². The van der Waals surface area contributed by atoms with E-state index in [1.807, 2.05) is 0 Å². The largest absolute Gasteiger partial charge is 0.366 e. The summed E-state index contributed by atoms with van der Waals surface area (Å²) < 4.78 is 0. The molecule has 0 fully saturated rings. The molecule has 0 atom stereocenters. The van der Waals surface area contributed by atoms with Crippen molar-refractivity contribution in [1.29, 1.82) is 0 Å². The molecule has 0 bridgehead atoms. The van der Waals surface area contributed by atoms with Crippen molar-refractivity contribution in [3.63, 3.8) is 0 Å². The van der Waals surface area contributed by atoms with E-state index in [4.69, 9.17) is 11.5 Å². The third-order valence-electron chi connectivity index (χ3n) is 3.34. The van der Waals surface area contributed by atoms with Crippen LogP contribution in [0.2, 0.25) is 0 Å². The van der Waals surface area contributed by atoms with Crippen molar-refractivity contribution < 1.29 is 9.59 Å². The molecule has 100 valence electrons. The second-order valence-electron chi connectivity index (χ2n) is 5.33. The second kappa shape index (κ2) is 4.70. The van der Waals surface area contributed by atoms with Gasteiger partial charge in [0, 0.05) is 5.54 Å². The van der Waals surface area contributed by atoms with Gasteiger partial charge < -0.3 is 16.8 Å². The lowest BCUT2D eigenvalue weighted by atomic mass is 9.74. The van der Waals surface area contributed by atoms with Gasteiger partial charge in [-0.25, -0.2) is 0 Å². The summed E-state index contributed by atoms with van der Waals surface area (Å²) in [6.45, 7) is 7.10. The predicted octanol–water partition coefficient (Wildman–Crippen LogP) is 1.55. The Morgan fingerprint density at radius 1 is 1.28 bits per heavy atom. The van der Waals surface area contributed by atoms with Gasteiger partial charge in [0.25, 0.3) is 5.91 Å². The van der Waals surface area contributed by atoms with Gasteiger partial charge in [0.05, 0.1) is 11.0 Å². The number of thiophene rings is 1. The van der Waals surface area contributed by atoms with Crippen molar-refractivity contribution in [2.75, 3.05) is 5.32 Å². The van der Waals surface area contributed by atoms with Crippen LogP contribution in [0.25, 0.3) is 0 Å². The van der Waals surface area contributed by atoms with Crippen molar-refractivity contribution in [1.82, 2.24) is 0 Å². The molecule has 0 saturated heterocycles. The fourth-order valence-corrected chi connectivity index (χ4v) is 1.94. The molecule has 0 radical (unpaired) electrons. The molecule has 1 rings (SSSR count). The van der Waals surface area contributed by atoms with Gasteiger partial charge in [0.2, 0.25) is 5.91 Å². The van der Waals surface area contributed by atoms with Crippen LogP contribution in [0, 0.1) is 5.41 Å². The lowest BCUT2D eigenvalue weighted by Crippen LogP contribution is -2.53. The molecule has 5 nitrogen and oxygen atoms in total. The fourth-order valence-electron chi connectivity index (χ4n) is 1.15. The lowest BCUT2D eigenvalue weighted by molar-refractivity contribution is -0.126. The Labute approximate surface area is 111 Å². The monoisotopic (exact) mass is 269 g/mol. The third kappa shape index (κ3) is 2.70. The number of carbonyl (C=O) groups excluding carboxylic acids is 2. The maximum absolute atomic E-state index is 12.2. The molecule has 0 aliphatic rings. The van der Waals surface area contributed by atoms with Crippen LogP contribution in [0.4, 0.5) is 5.00 Å². The van der Waals surface area contributed by atoms with Gasteiger partial charge in [-0.1, -0.05) is 0 Å². The van der Waals surface area contributed by atoms with Crippen molar-refractivity contribution in [3.8, 4) is 0 Å². The first-order valence-electron chi connectivity index (χ1n) is 5.55. The Morgan fingerprint density at radius 2 is 1.83 bits per heavy atom. The summed E-state index contributed by atoms with van der Waals surface area (Å²) in [7, 11) is 0. The summed E-state index contributed by atoms with van der Waals surface area (Å²) in [6, 6.07) is 1.59. The zero-order chi connectivity index (χ0) is 14.1. The number of nitrogens with one attached hydrogen (secondary N) is 1. The van der Waals surface area contributed by atoms with E-state index in [0.717, 1.165) is 0 Å². The highest BCUT2D eigenvalue weighted by atomic mass is 32.1. The second-order valence-corrected chi connectivity index (χ2v) is 6.24. The van der Waals surface area contributed by atoms with Crippen LogP contribution in [-0.4, -0.2) is 17.4 Å². The highest BCUT2D eigenvalue weighted by Crippen LogP contribution is 2.31. The zero-order valence-electron chi connectivity index (χ0n) is 11.0. The molecule has 0 unspecified atom stereocenters. The molecular formula is C12H19N3O2S. The summed E-state index contributed by atoms with van der Waals surface area (Å²) in [5.74, 6) is -0.795. The number of hydrogen-bond donors (Lipinski definition) is 3. The number of nitrogens with two attached hydrogens (primary N) is 2. The van der Waals surface area contributed by atoms with Gasteiger partial charge in [0.1, 0.15) is 5.00 Å². The molecule has 1 heterocycles. The standard InChI is InChI=1S/C12H19N3O2S/c1-11(2,12(3,4)14)10(17)15-9-7(8(13)16)5-6-18-9/h5-6H,14H2,1-4H3,(H2,13,16)(H,15,17). The van der Waals surface area contributed by atoms with Gasteiger partial charge in [-0.15, -0.1) is 11.3 Å². The SMILES string of the molecule is CC(C)(N)C(C)(C)C(=O)Nc1sccc1C(N)=O. The molecule has 2 amide bonds. The van der Waals surface area contributed by atoms with Crippen molar-refractivity contribution >= 4 is 28.2 Å². The van der Waals surface area contributed by atoms with Crippen LogP contribution in [0.5, 0.6) is 0 Å². The minimum atomic E-state index is -0.772. The number of carbonyl (C=O) groups is 2. The van der Waals surface area contributed by atoms with Crippen molar-refractivity contribution in [3.05, 3.63) is 17.0 Å². The summed E-state index contributed by atoms with van der Waals surface area (Å²) in [5, 5.41) is 4.88. The highest BCUT2D eigenvalue weighted by molar-refractivity contribution is 7.14. The summed E-state index contributed by atoms with van der Waals surface area (Å²) in [6.07, 6.45) is 0. The van der Waals surface area contributed by atoms with Gasteiger partial charge in [-0.2, -0.15) is 0 Å². The van der Waals surface area contributed by atoms with Gasteiger partial charge >= 0.3 is 0 Å². The number of hydrogen-bond acceptors (Lipinski definition) is 4. The Balaban J connectivity index is 2.95. The number of primary amides is 1. The average molecular weight is 269 g/mol. The van der Waals surface area contributed by atoms with Crippen LogP contribution in [0.15, 0.2) is 11.4 Å². The first kappa shape index (κ1) is 14.7. The third-order valence-corrected chi connectivity index (χ3v) is 4.17. The average Bonchev–Trinajstić information content (AvgIpc) is 2.63. The van der Waals surface area contributed by atoms with Crippen LogP contribution in [0.3, 0.4) is 0 Å². The zero-order valence-corrected chi connectivity index (χ0v) is 11.9. The number of rotatable bonds is 4. The Hall–Kier alpha value is -1.40. The Kier molecular flexibility index (Phi) is 3.83. The van der Waals surface area contributed by atoms with Gasteiger partial charge in [0.15, 0.2) is 0 Å². The summed E-state index contributed by atoms with van der Waals surface area (Å²) in [4.78, 5) is 23.4. The molecular weight excluding hydrogens is 250 g/mol. The van der Waals surface area contributed by atoms with Gasteiger partial charge in [-0.05, 0) is 39.1 Å². The van der Waals surface area contributed by atoms with Crippen LogP contribution >= 0.6 is 11.3 Å². The van der Waals surface area contributed by atoms with E-state index < -0.39 is 16.9 Å². The quantitative estimate of drug-likeness (QED) is 0.773. The minimum absolute atomic E-state index is 0.236. The highest BCUT2D eigenvalue weighted by Gasteiger charge is 2.40.